The van der Waals surface area contributed by atoms with E-state index in [-0.39, 0.29) is 18.9 Å². The van der Waals surface area contributed by atoms with E-state index in [0.29, 0.717) is 32.2 Å². The Morgan fingerprint density at radius 1 is 0.722 bits per heavy atom. The lowest BCUT2D eigenvalue weighted by Crippen LogP contribution is -2.66. The molecule has 13 heteroatoms. The van der Waals surface area contributed by atoms with Crippen molar-refractivity contribution in [3.8, 4) is 0 Å². The Bertz CT molecular complexity index is 801. The van der Waals surface area contributed by atoms with Gasteiger partial charge in [0.1, 0.15) is 12.7 Å². The molecule has 1 saturated heterocycles. The van der Waals surface area contributed by atoms with Crippen molar-refractivity contribution in [2.45, 2.75) is 97.4 Å². The highest BCUT2D eigenvalue weighted by atomic mass is 16.7. The van der Waals surface area contributed by atoms with Crippen LogP contribution in [0.2, 0.25) is 0 Å². The van der Waals surface area contributed by atoms with Crippen LogP contribution in [0.5, 0.6) is 0 Å². The van der Waals surface area contributed by atoms with Gasteiger partial charge in [0.05, 0.1) is 0 Å². The van der Waals surface area contributed by atoms with Gasteiger partial charge in [0.2, 0.25) is 11.8 Å². The zero-order valence-electron chi connectivity index (χ0n) is 21.3. The van der Waals surface area contributed by atoms with Gasteiger partial charge in [0.25, 0.3) is 0 Å². The van der Waals surface area contributed by atoms with Crippen molar-refractivity contribution >= 4 is 35.7 Å². The number of carbonyl (C=O) groups is 6. The number of esters is 4. The molecule has 0 spiro atoms. The monoisotopic (exact) mass is 516 g/mol. The van der Waals surface area contributed by atoms with Crippen LogP contribution in [-0.4, -0.2) is 79.5 Å². The van der Waals surface area contributed by atoms with E-state index < -0.39 is 60.4 Å². The molecule has 2 N–H and O–H groups in total. The Balaban J connectivity index is 2.98. The van der Waals surface area contributed by atoms with Crippen molar-refractivity contribution in [3.05, 3.63) is 0 Å². The molecule has 1 heterocycles. The van der Waals surface area contributed by atoms with Crippen LogP contribution in [0.15, 0.2) is 0 Å². The van der Waals surface area contributed by atoms with Crippen LogP contribution in [-0.2, 0) is 52.5 Å². The maximum Gasteiger partial charge on any atom is 0.303 e. The second kappa shape index (κ2) is 15.7. The van der Waals surface area contributed by atoms with E-state index in [1.165, 1.54) is 6.92 Å². The molecular formula is C23H36N2O11. The topological polar surface area (TPSA) is 173 Å². The summed E-state index contributed by atoms with van der Waals surface area (Å²) in [6, 6.07) is 0. The Morgan fingerprint density at radius 2 is 1.31 bits per heavy atom. The molecule has 0 bridgehead atoms. The first-order valence-electron chi connectivity index (χ1n) is 11.8. The number of nitrogens with one attached hydrogen (secondary N) is 2. The van der Waals surface area contributed by atoms with E-state index in [1.807, 2.05) is 0 Å². The van der Waals surface area contributed by atoms with Gasteiger partial charge in [-0.2, -0.15) is 0 Å². The van der Waals surface area contributed by atoms with E-state index in [0.717, 1.165) is 20.8 Å². The number of carbonyl (C=O) groups excluding carboxylic acids is 6. The lowest BCUT2D eigenvalue weighted by Gasteiger charge is -2.44. The molecule has 13 nitrogen and oxygen atoms in total. The molecule has 204 valence electrons. The van der Waals surface area contributed by atoms with E-state index in [1.54, 1.807) is 6.92 Å². The predicted molar refractivity (Wildman–Crippen MR) is 122 cm³/mol. The standard InChI is InChI=1S/C23H36N2O11/c1-6-18(30)24-11-9-7-8-10-19(31)25-23-22(35-16(5)29)21(34-15(4)28)20(33-14(3)27)17(36-23)12-32-13(2)26/h17,20-23H,6-12H2,1-5H3,(H,24,30)(H,25,31). The highest BCUT2D eigenvalue weighted by Gasteiger charge is 2.52. The first-order valence-corrected chi connectivity index (χ1v) is 11.8. The number of rotatable bonds is 13. The minimum Gasteiger partial charge on any atom is -0.463 e. The van der Waals surface area contributed by atoms with Gasteiger partial charge in [-0.05, 0) is 12.8 Å². The molecule has 0 aromatic heterocycles. The molecule has 1 aliphatic rings. The molecule has 1 fully saturated rings. The second-order valence-corrected chi connectivity index (χ2v) is 8.20. The van der Waals surface area contributed by atoms with Crippen LogP contribution < -0.4 is 10.6 Å². The van der Waals surface area contributed by atoms with Crippen molar-refractivity contribution in [2.24, 2.45) is 0 Å². The Kier molecular flexibility index (Phi) is 13.4. The molecular weight excluding hydrogens is 480 g/mol. The molecule has 5 unspecified atom stereocenters. The van der Waals surface area contributed by atoms with Gasteiger partial charge in [-0.15, -0.1) is 0 Å². The summed E-state index contributed by atoms with van der Waals surface area (Å²) in [5.41, 5.74) is 0. The van der Waals surface area contributed by atoms with Crippen LogP contribution in [0.1, 0.15) is 66.7 Å². The first kappa shape index (κ1) is 30.8. The summed E-state index contributed by atoms with van der Waals surface area (Å²) in [5, 5.41) is 5.36. The second-order valence-electron chi connectivity index (χ2n) is 8.20. The van der Waals surface area contributed by atoms with Crippen LogP contribution in [0.3, 0.4) is 0 Å². The van der Waals surface area contributed by atoms with Gasteiger partial charge in [-0.3, -0.25) is 28.8 Å². The zero-order chi connectivity index (χ0) is 27.3. The fraction of sp³-hybridized carbons (Fsp3) is 0.739. The minimum atomic E-state index is -1.35. The molecule has 0 saturated carbocycles. The highest BCUT2D eigenvalue weighted by Crippen LogP contribution is 2.28. The summed E-state index contributed by atoms with van der Waals surface area (Å²) >= 11 is 0. The first-order chi connectivity index (χ1) is 16.9. The number of hydrogen-bond acceptors (Lipinski definition) is 11. The van der Waals surface area contributed by atoms with E-state index in [4.69, 9.17) is 23.7 Å². The van der Waals surface area contributed by atoms with Crippen LogP contribution in [0.25, 0.3) is 0 Å². The van der Waals surface area contributed by atoms with Gasteiger partial charge in [0, 0.05) is 47.1 Å². The molecule has 5 atom stereocenters. The maximum atomic E-state index is 12.6. The average Bonchev–Trinajstić information content (AvgIpc) is 2.77. The van der Waals surface area contributed by atoms with Crippen LogP contribution in [0, 0.1) is 0 Å². The van der Waals surface area contributed by atoms with Crippen molar-refractivity contribution in [2.75, 3.05) is 13.2 Å². The lowest BCUT2D eigenvalue weighted by atomic mass is 9.97. The minimum absolute atomic E-state index is 0.0450. The third kappa shape index (κ3) is 11.5. The van der Waals surface area contributed by atoms with Gasteiger partial charge in [-0.1, -0.05) is 13.3 Å². The number of ether oxygens (including phenoxy) is 5. The summed E-state index contributed by atoms with van der Waals surface area (Å²) in [4.78, 5) is 70.6. The number of hydrogen-bond donors (Lipinski definition) is 2. The van der Waals surface area contributed by atoms with Crippen molar-refractivity contribution in [3.63, 3.8) is 0 Å². The van der Waals surface area contributed by atoms with E-state index >= 15 is 0 Å². The van der Waals surface area contributed by atoms with Gasteiger partial charge in [0.15, 0.2) is 24.5 Å². The van der Waals surface area contributed by atoms with Crippen molar-refractivity contribution in [1.82, 2.24) is 10.6 Å². The summed E-state index contributed by atoms with van der Waals surface area (Å²) in [6.45, 7) is 6.41. The van der Waals surface area contributed by atoms with Crippen LogP contribution >= 0.6 is 0 Å². The molecule has 0 aromatic rings. The number of unbranched alkanes of at least 4 members (excludes halogenated alkanes) is 2. The summed E-state index contributed by atoms with van der Waals surface area (Å²) < 4.78 is 26.7. The SMILES string of the molecule is CCC(=O)NCCCCCC(=O)NC1OC(COC(C)=O)C(OC(C)=O)C(OC(C)=O)C1OC(C)=O. The summed E-state index contributed by atoms with van der Waals surface area (Å²) in [5.74, 6) is -3.38. The van der Waals surface area contributed by atoms with Crippen molar-refractivity contribution in [1.29, 1.82) is 0 Å². The molecule has 1 rings (SSSR count). The lowest BCUT2D eigenvalue weighted by molar-refractivity contribution is -0.257. The molecule has 1 aliphatic heterocycles. The molecule has 2 amide bonds. The van der Waals surface area contributed by atoms with Crippen LogP contribution in [0.4, 0.5) is 0 Å². The van der Waals surface area contributed by atoms with E-state index in [2.05, 4.69) is 10.6 Å². The molecule has 36 heavy (non-hydrogen) atoms. The highest BCUT2D eigenvalue weighted by molar-refractivity contribution is 5.76. The normalized spacial score (nSPS) is 23.1. The average molecular weight is 517 g/mol. The Labute approximate surface area is 209 Å². The largest absolute Gasteiger partial charge is 0.463 e. The fourth-order valence-corrected chi connectivity index (χ4v) is 3.52. The van der Waals surface area contributed by atoms with E-state index in [9.17, 15) is 28.8 Å². The van der Waals surface area contributed by atoms with Gasteiger partial charge >= 0.3 is 23.9 Å². The predicted octanol–water partition coefficient (Wildman–Crippen LogP) is 0.272. The smallest absolute Gasteiger partial charge is 0.303 e. The molecule has 0 aliphatic carbocycles. The third-order valence-electron chi connectivity index (χ3n) is 5.02. The maximum absolute atomic E-state index is 12.6. The van der Waals surface area contributed by atoms with Crippen molar-refractivity contribution < 1.29 is 52.5 Å². The zero-order valence-corrected chi connectivity index (χ0v) is 21.3. The number of amides is 2. The van der Waals surface area contributed by atoms with Gasteiger partial charge < -0.3 is 34.3 Å². The summed E-state index contributed by atoms with van der Waals surface area (Å²) in [7, 11) is 0. The quantitative estimate of drug-likeness (QED) is 0.195. The fourth-order valence-electron chi connectivity index (χ4n) is 3.52. The molecule has 0 radical (unpaired) electrons. The Morgan fingerprint density at radius 3 is 1.86 bits per heavy atom. The Hall–Kier alpha value is -3.22. The third-order valence-corrected chi connectivity index (χ3v) is 5.02. The summed E-state index contributed by atoms with van der Waals surface area (Å²) in [6.07, 6.45) is -4.03. The van der Waals surface area contributed by atoms with Gasteiger partial charge in [-0.25, -0.2) is 0 Å². The molecule has 0 aromatic carbocycles.